The molecule has 2 rings (SSSR count). The van der Waals surface area contributed by atoms with Gasteiger partial charge in [0.05, 0.1) is 6.54 Å². The summed E-state index contributed by atoms with van der Waals surface area (Å²) >= 11 is 0. The second kappa shape index (κ2) is 9.86. The van der Waals surface area contributed by atoms with Gasteiger partial charge in [0.2, 0.25) is 11.8 Å². The van der Waals surface area contributed by atoms with Gasteiger partial charge in [-0.3, -0.25) is 9.59 Å². The van der Waals surface area contributed by atoms with Crippen LogP contribution < -0.4 is 5.32 Å². The molecule has 1 fully saturated rings. The fourth-order valence-electron chi connectivity index (χ4n) is 3.15. The zero-order valence-electron chi connectivity index (χ0n) is 17.8. The van der Waals surface area contributed by atoms with Crippen LogP contribution in [-0.4, -0.2) is 66.0 Å². The van der Waals surface area contributed by atoms with Gasteiger partial charge in [-0.15, -0.1) is 0 Å². The van der Waals surface area contributed by atoms with Crippen molar-refractivity contribution in [3.05, 3.63) is 35.4 Å². The van der Waals surface area contributed by atoms with E-state index < -0.39 is 29.4 Å². The molecule has 7 nitrogen and oxygen atoms in total. The van der Waals surface area contributed by atoms with Crippen molar-refractivity contribution in [1.29, 1.82) is 0 Å². The number of nitrogens with zero attached hydrogens (tertiary/aromatic N) is 2. The second-order valence-corrected chi connectivity index (χ2v) is 8.47. The van der Waals surface area contributed by atoms with Crippen LogP contribution >= 0.6 is 0 Å². The summed E-state index contributed by atoms with van der Waals surface area (Å²) in [7, 11) is 1.68. The summed E-state index contributed by atoms with van der Waals surface area (Å²) < 4.78 is 32.9. The van der Waals surface area contributed by atoms with Crippen LogP contribution in [0.4, 0.5) is 13.6 Å². The summed E-state index contributed by atoms with van der Waals surface area (Å²) in [5.41, 5.74) is -0.722. The molecule has 9 heteroatoms. The van der Waals surface area contributed by atoms with Gasteiger partial charge in [0.25, 0.3) is 0 Å². The number of rotatable bonds is 5. The van der Waals surface area contributed by atoms with Crippen molar-refractivity contribution in [2.75, 3.05) is 26.7 Å². The minimum Gasteiger partial charge on any atom is -0.444 e. The molecular formula is C21H29F2N3O4. The molecule has 30 heavy (non-hydrogen) atoms. The number of benzene rings is 1. The van der Waals surface area contributed by atoms with E-state index in [0.29, 0.717) is 19.5 Å². The van der Waals surface area contributed by atoms with E-state index in [1.807, 2.05) is 0 Å². The Balaban J connectivity index is 2.15. The van der Waals surface area contributed by atoms with E-state index in [9.17, 15) is 23.2 Å². The van der Waals surface area contributed by atoms with Crippen LogP contribution in [0.3, 0.4) is 0 Å². The van der Waals surface area contributed by atoms with Crippen molar-refractivity contribution in [3.63, 3.8) is 0 Å². The van der Waals surface area contributed by atoms with E-state index in [4.69, 9.17) is 4.74 Å². The molecule has 1 aliphatic heterocycles. The molecule has 0 unspecified atom stereocenters. The van der Waals surface area contributed by atoms with E-state index in [1.54, 1.807) is 32.7 Å². The maximum Gasteiger partial charge on any atom is 0.407 e. The highest BCUT2D eigenvalue weighted by Gasteiger charge is 2.27. The Morgan fingerprint density at radius 2 is 1.93 bits per heavy atom. The topological polar surface area (TPSA) is 78.9 Å². The van der Waals surface area contributed by atoms with Crippen LogP contribution in [0.2, 0.25) is 0 Å². The third-order valence-corrected chi connectivity index (χ3v) is 4.64. The maximum atomic E-state index is 14.1. The fraction of sp³-hybridized carbons (Fsp3) is 0.571. The molecular weight excluding hydrogens is 396 g/mol. The number of hydrogen-bond acceptors (Lipinski definition) is 4. The van der Waals surface area contributed by atoms with Gasteiger partial charge in [-0.1, -0.05) is 0 Å². The SMILES string of the molecule is CN1CCCN(C(=O)C[C@@H](Cc2cc(F)ccc2F)NC(=O)OC(C)(C)C)CC1=O. The normalized spacial score (nSPS) is 16.1. The number of alkyl carbamates (subject to hydrolysis) is 1. The van der Waals surface area contributed by atoms with Crippen molar-refractivity contribution < 1.29 is 27.9 Å². The van der Waals surface area contributed by atoms with Gasteiger partial charge in [0, 0.05) is 32.6 Å². The Morgan fingerprint density at radius 3 is 2.60 bits per heavy atom. The van der Waals surface area contributed by atoms with Crippen LogP contribution in [0.5, 0.6) is 0 Å². The van der Waals surface area contributed by atoms with Crippen LogP contribution in [0.1, 0.15) is 39.2 Å². The highest BCUT2D eigenvalue weighted by Crippen LogP contribution is 2.16. The number of likely N-dealkylation sites (N-methyl/N-ethyl adjacent to an activating group) is 1. The van der Waals surface area contributed by atoms with Crippen molar-refractivity contribution >= 4 is 17.9 Å². The summed E-state index contributed by atoms with van der Waals surface area (Å²) in [5, 5.41) is 2.58. The molecule has 0 bridgehead atoms. The van der Waals surface area contributed by atoms with Crippen LogP contribution in [0, 0.1) is 11.6 Å². The molecule has 1 aromatic carbocycles. The van der Waals surface area contributed by atoms with E-state index >= 15 is 0 Å². The largest absolute Gasteiger partial charge is 0.444 e. The molecule has 1 heterocycles. The highest BCUT2D eigenvalue weighted by atomic mass is 19.1. The fourth-order valence-corrected chi connectivity index (χ4v) is 3.15. The average molecular weight is 425 g/mol. The zero-order chi connectivity index (χ0) is 22.5. The summed E-state index contributed by atoms with van der Waals surface area (Å²) in [4.78, 5) is 40.1. The first-order valence-electron chi connectivity index (χ1n) is 9.90. The van der Waals surface area contributed by atoms with Gasteiger partial charge in [0.1, 0.15) is 17.2 Å². The number of ether oxygens (including phenoxy) is 1. The van der Waals surface area contributed by atoms with Crippen molar-refractivity contribution in [1.82, 2.24) is 15.1 Å². The monoisotopic (exact) mass is 425 g/mol. The number of hydrogen-bond donors (Lipinski definition) is 1. The number of halogens is 2. The Morgan fingerprint density at radius 1 is 1.23 bits per heavy atom. The predicted molar refractivity (Wildman–Crippen MR) is 107 cm³/mol. The third kappa shape index (κ3) is 7.27. The molecule has 1 atom stereocenters. The van der Waals surface area contributed by atoms with E-state index in [1.165, 1.54) is 4.90 Å². The molecule has 0 saturated carbocycles. The molecule has 0 spiro atoms. The molecule has 1 aliphatic rings. The molecule has 1 aromatic rings. The Kier molecular flexibility index (Phi) is 7.75. The van der Waals surface area contributed by atoms with Crippen LogP contribution in [0.25, 0.3) is 0 Å². The maximum absolute atomic E-state index is 14.1. The Bertz CT molecular complexity index is 795. The van der Waals surface area contributed by atoms with Crippen LogP contribution in [-0.2, 0) is 20.7 Å². The smallest absolute Gasteiger partial charge is 0.407 e. The first-order chi connectivity index (χ1) is 13.9. The lowest BCUT2D eigenvalue weighted by Crippen LogP contribution is -2.45. The minimum atomic E-state index is -0.834. The first kappa shape index (κ1) is 23.6. The van der Waals surface area contributed by atoms with E-state index in [2.05, 4.69) is 5.32 Å². The van der Waals surface area contributed by atoms with Crippen molar-refractivity contribution in [3.8, 4) is 0 Å². The Hall–Kier alpha value is -2.71. The van der Waals surface area contributed by atoms with Gasteiger partial charge in [-0.2, -0.15) is 0 Å². The van der Waals surface area contributed by atoms with Gasteiger partial charge in [-0.25, -0.2) is 13.6 Å². The van der Waals surface area contributed by atoms with Crippen LogP contribution in [0.15, 0.2) is 18.2 Å². The van der Waals surface area contributed by atoms with Gasteiger partial charge >= 0.3 is 6.09 Å². The number of carbonyl (C=O) groups is 3. The lowest BCUT2D eigenvalue weighted by Gasteiger charge is -2.26. The van der Waals surface area contributed by atoms with Crippen molar-refractivity contribution in [2.24, 2.45) is 0 Å². The lowest BCUT2D eigenvalue weighted by molar-refractivity contribution is -0.138. The minimum absolute atomic E-state index is 0.0375. The van der Waals surface area contributed by atoms with E-state index in [0.717, 1.165) is 18.2 Å². The molecule has 0 radical (unpaired) electrons. The summed E-state index contributed by atoms with van der Waals surface area (Å²) in [6, 6.07) is 2.20. The van der Waals surface area contributed by atoms with E-state index in [-0.39, 0.29) is 36.8 Å². The second-order valence-electron chi connectivity index (χ2n) is 8.47. The molecule has 1 N–H and O–H groups in total. The zero-order valence-corrected chi connectivity index (χ0v) is 17.8. The standard InChI is InChI=1S/C21H29F2N3O4/c1-21(2,3)30-20(29)24-16(11-14-10-15(22)6-7-17(14)23)12-18(27)26-9-5-8-25(4)19(28)13-26/h6-7,10,16H,5,8-9,11-13H2,1-4H3,(H,24,29)/t16-/m1/s1. The van der Waals surface area contributed by atoms with Gasteiger partial charge in [-0.05, 0) is 57.4 Å². The molecule has 3 amide bonds. The first-order valence-corrected chi connectivity index (χ1v) is 9.90. The quantitative estimate of drug-likeness (QED) is 0.786. The number of amides is 3. The molecule has 0 aromatic heterocycles. The molecule has 166 valence electrons. The van der Waals surface area contributed by atoms with Gasteiger partial charge in [0.15, 0.2) is 0 Å². The molecule has 1 saturated heterocycles. The summed E-state index contributed by atoms with van der Waals surface area (Å²) in [6.07, 6.45) is -0.400. The third-order valence-electron chi connectivity index (χ3n) is 4.64. The number of nitrogens with one attached hydrogen (secondary N) is 1. The van der Waals surface area contributed by atoms with Crippen molar-refractivity contribution in [2.45, 2.75) is 51.7 Å². The predicted octanol–water partition coefficient (Wildman–Crippen LogP) is 2.48. The average Bonchev–Trinajstić information content (AvgIpc) is 2.78. The highest BCUT2D eigenvalue weighted by molar-refractivity contribution is 5.85. The Labute approximate surface area is 175 Å². The summed E-state index contributed by atoms with van der Waals surface area (Å²) in [6.45, 7) is 5.98. The molecule has 0 aliphatic carbocycles. The number of carbonyl (C=O) groups excluding carboxylic acids is 3. The summed E-state index contributed by atoms with van der Waals surface area (Å²) in [5.74, 6) is -1.77. The lowest BCUT2D eigenvalue weighted by atomic mass is 10.0. The van der Waals surface area contributed by atoms with Gasteiger partial charge < -0.3 is 19.9 Å².